The number of nitrogens with zero attached hydrogens (tertiary/aromatic N) is 3. The van der Waals surface area contributed by atoms with Crippen LogP contribution in [0.25, 0.3) is 0 Å². The van der Waals surface area contributed by atoms with E-state index < -0.39 is 0 Å². The van der Waals surface area contributed by atoms with E-state index in [-0.39, 0.29) is 6.09 Å². The predicted octanol–water partition coefficient (Wildman–Crippen LogP) is 3.25. The minimum atomic E-state index is -0.236. The van der Waals surface area contributed by atoms with Gasteiger partial charge in [0.25, 0.3) is 0 Å². The Kier molecular flexibility index (Phi) is 5.82. The van der Waals surface area contributed by atoms with Crippen LogP contribution < -0.4 is 5.32 Å². The number of aryl methyl sites for hydroxylation is 1. The first kappa shape index (κ1) is 17.2. The highest BCUT2D eigenvalue weighted by molar-refractivity contribution is 5.67. The lowest BCUT2D eigenvalue weighted by Gasteiger charge is -2.32. The summed E-state index contributed by atoms with van der Waals surface area (Å²) in [6.45, 7) is 4.49. The van der Waals surface area contributed by atoms with Crippen molar-refractivity contribution in [3.8, 4) is 0 Å². The average molecular weight is 340 g/mol. The molecule has 3 rings (SSSR count). The van der Waals surface area contributed by atoms with Gasteiger partial charge in [0, 0.05) is 32.0 Å². The van der Waals surface area contributed by atoms with Crippen molar-refractivity contribution in [1.29, 1.82) is 0 Å². The molecule has 1 amide bonds. The summed E-state index contributed by atoms with van der Waals surface area (Å²) in [5, 5.41) is 3.26. The van der Waals surface area contributed by atoms with Crippen LogP contribution in [0, 0.1) is 12.8 Å². The van der Waals surface area contributed by atoms with E-state index in [1.165, 1.54) is 0 Å². The van der Waals surface area contributed by atoms with E-state index in [0.717, 1.165) is 37.1 Å². The summed E-state index contributed by atoms with van der Waals surface area (Å²) in [4.78, 5) is 22.6. The largest absolute Gasteiger partial charge is 0.445 e. The molecule has 0 bridgehead atoms. The number of carbonyl (C=O) groups is 1. The number of hydrogen-bond donors (Lipinski definition) is 1. The molecule has 2 heterocycles. The summed E-state index contributed by atoms with van der Waals surface area (Å²) in [5.41, 5.74) is 2.04. The van der Waals surface area contributed by atoms with E-state index in [1.54, 1.807) is 17.3 Å². The normalized spacial score (nSPS) is 17.2. The van der Waals surface area contributed by atoms with Crippen LogP contribution in [0.15, 0.2) is 42.7 Å². The first-order valence-electron chi connectivity index (χ1n) is 8.69. The van der Waals surface area contributed by atoms with Crippen LogP contribution >= 0.6 is 0 Å². The monoisotopic (exact) mass is 340 g/mol. The van der Waals surface area contributed by atoms with E-state index in [0.29, 0.717) is 25.0 Å². The van der Waals surface area contributed by atoms with Crippen LogP contribution in [0.4, 0.5) is 10.7 Å². The molecule has 1 atom stereocenters. The van der Waals surface area contributed by atoms with Gasteiger partial charge in [-0.3, -0.25) is 0 Å². The van der Waals surface area contributed by atoms with E-state index in [9.17, 15) is 4.79 Å². The maximum atomic E-state index is 12.3. The van der Waals surface area contributed by atoms with Crippen molar-refractivity contribution in [1.82, 2.24) is 14.9 Å². The number of aromatic nitrogens is 2. The van der Waals surface area contributed by atoms with E-state index in [2.05, 4.69) is 15.3 Å². The summed E-state index contributed by atoms with van der Waals surface area (Å²) in [6, 6.07) is 9.75. The molecule has 1 aromatic carbocycles. The van der Waals surface area contributed by atoms with E-state index in [1.807, 2.05) is 37.3 Å². The summed E-state index contributed by atoms with van der Waals surface area (Å²) in [7, 11) is 0. The average Bonchev–Trinajstić information content (AvgIpc) is 2.67. The molecule has 0 aliphatic carbocycles. The molecule has 6 nitrogen and oxygen atoms in total. The third-order valence-electron chi connectivity index (χ3n) is 4.31. The first-order chi connectivity index (χ1) is 12.2. The molecule has 0 spiro atoms. The van der Waals surface area contributed by atoms with Crippen molar-refractivity contribution in [3.05, 3.63) is 53.9 Å². The van der Waals surface area contributed by atoms with Gasteiger partial charge >= 0.3 is 6.09 Å². The quantitative estimate of drug-likeness (QED) is 0.905. The van der Waals surface area contributed by atoms with Crippen LogP contribution in [-0.2, 0) is 11.3 Å². The molecular weight excluding hydrogens is 316 g/mol. The molecule has 0 saturated carbocycles. The molecule has 1 saturated heterocycles. The van der Waals surface area contributed by atoms with Gasteiger partial charge in [-0.1, -0.05) is 30.3 Å². The fourth-order valence-corrected chi connectivity index (χ4v) is 2.93. The minimum absolute atomic E-state index is 0.236. The second-order valence-electron chi connectivity index (χ2n) is 6.46. The second kappa shape index (κ2) is 8.46. The van der Waals surface area contributed by atoms with Crippen molar-refractivity contribution >= 4 is 12.0 Å². The molecular formula is C19H24N4O2. The van der Waals surface area contributed by atoms with Gasteiger partial charge in [-0.25, -0.2) is 14.8 Å². The van der Waals surface area contributed by atoms with Crippen molar-refractivity contribution in [2.45, 2.75) is 26.4 Å². The Balaban J connectivity index is 1.45. The number of benzene rings is 1. The molecule has 1 aromatic heterocycles. The molecule has 0 unspecified atom stereocenters. The standard InChI is InChI=1S/C19H24N4O2/c1-15-10-20-18(21-11-15)22-12-17-8-5-9-23(13-17)19(24)25-14-16-6-3-2-4-7-16/h2-4,6-7,10-11,17H,5,8-9,12-14H2,1H3,(H,20,21,22)/t17-/m0/s1. The maximum absolute atomic E-state index is 12.3. The SMILES string of the molecule is Cc1cnc(NC[C@@H]2CCCN(C(=O)OCc3ccccc3)C2)nc1. The van der Waals surface area contributed by atoms with Crippen LogP contribution in [0.3, 0.4) is 0 Å². The lowest BCUT2D eigenvalue weighted by Crippen LogP contribution is -2.42. The van der Waals surface area contributed by atoms with E-state index in [4.69, 9.17) is 4.74 Å². The summed E-state index contributed by atoms with van der Waals surface area (Å²) >= 11 is 0. The van der Waals surface area contributed by atoms with Gasteiger partial charge in [0.1, 0.15) is 6.61 Å². The Morgan fingerprint density at radius 2 is 2.04 bits per heavy atom. The van der Waals surface area contributed by atoms with Gasteiger partial charge in [-0.15, -0.1) is 0 Å². The summed E-state index contributed by atoms with van der Waals surface area (Å²) < 4.78 is 5.43. The van der Waals surface area contributed by atoms with Crippen molar-refractivity contribution in [2.24, 2.45) is 5.92 Å². The molecule has 6 heteroatoms. The lowest BCUT2D eigenvalue weighted by molar-refractivity contribution is 0.0804. The maximum Gasteiger partial charge on any atom is 0.410 e. The fourth-order valence-electron chi connectivity index (χ4n) is 2.93. The molecule has 2 aromatic rings. The zero-order chi connectivity index (χ0) is 17.5. The number of rotatable bonds is 5. The zero-order valence-corrected chi connectivity index (χ0v) is 14.5. The predicted molar refractivity (Wildman–Crippen MR) is 96.2 cm³/mol. The number of likely N-dealkylation sites (tertiary alicyclic amines) is 1. The summed E-state index contributed by atoms with van der Waals surface area (Å²) in [6.07, 6.45) is 5.43. The molecule has 1 fully saturated rings. The van der Waals surface area contributed by atoms with Crippen molar-refractivity contribution < 1.29 is 9.53 Å². The molecule has 0 radical (unpaired) electrons. The molecule has 1 aliphatic heterocycles. The number of anilines is 1. The highest BCUT2D eigenvalue weighted by Gasteiger charge is 2.24. The number of carbonyl (C=O) groups excluding carboxylic acids is 1. The highest BCUT2D eigenvalue weighted by atomic mass is 16.6. The number of amides is 1. The molecule has 1 N–H and O–H groups in total. The Hall–Kier alpha value is -2.63. The molecule has 1 aliphatic rings. The van der Waals surface area contributed by atoms with Crippen molar-refractivity contribution in [3.63, 3.8) is 0 Å². The fraction of sp³-hybridized carbons (Fsp3) is 0.421. The van der Waals surface area contributed by atoms with Gasteiger partial charge in [0.15, 0.2) is 0 Å². The van der Waals surface area contributed by atoms with Gasteiger partial charge in [0.2, 0.25) is 5.95 Å². The van der Waals surface area contributed by atoms with Gasteiger partial charge in [-0.2, -0.15) is 0 Å². The third kappa shape index (κ3) is 5.17. The highest BCUT2D eigenvalue weighted by Crippen LogP contribution is 2.18. The van der Waals surface area contributed by atoms with Gasteiger partial charge < -0.3 is 15.0 Å². The number of piperidine rings is 1. The lowest BCUT2D eigenvalue weighted by atomic mass is 9.98. The third-order valence-corrected chi connectivity index (χ3v) is 4.31. The Labute approximate surface area is 148 Å². The van der Waals surface area contributed by atoms with Crippen molar-refractivity contribution in [2.75, 3.05) is 25.0 Å². The van der Waals surface area contributed by atoms with Crippen LogP contribution in [0.5, 0.6) is 0 Å². The van der Waals surface area contributed by atoms with Crippen LogP contribution in [-0.4, -0.2) is 40.6 Å². The van der Waals surface area contributed by atoms with E-state index >= 15 is 0 Å². The Morgan fingerprint density at radius 1 is 1.28 bits per heavy atom. The number of nitrogens with one attached hydrogen (secondary N) is 1. The minimum Gasteiger partial charge on any atom is -0.445 e. The van der Waals surface area contributed by atoms with Crippen LogP contribution in [0.1, 0.15) is 24.0 Å². The van der Waals surface area contributed by atoms with Gasteiger partial charge in [-0.05, 0) is 36.8 Å². The molecule has 25 heavy (non-hydrogen) atoms. The Morgan fingerprint density at radius 3 is 2.80 bits per heavy atom. The molecule has 132 valence electrons. The second-order valence-corrected chi connectivity index (χ2v) is 6.46. The van der Waals surface area contributed by atoms with Gasteiger partial charge in [0.05, 0.1) is 0 Å². The van der Waals surface area contributed by atoms with Crippen LogP contribution in [0.2, 0.25) is 0 Å². The smallest absolute Gasteiger partial charge is 0.410 e. The first-order valence-corrected chi connectivity index (χ1v) is 8.69. The topological polar surface area (TPSA) is 67.4 Å². The Bertz CT molecular complexity index is 676. The number of hydrogen-bond acceptors (Lipinski definition) is 5. The number of ether oxygens (including phenoxy) is 1. The zero-order valence-electron chi connectivity index (χ0n) is 14.5. The summed E-state index contributed by atoms with van der Waals surface area (Å²) in [5.74, 6) is 1.01.